The lowest BCUT2D eigenvalue weighted by atomic mass is 10.0. The molecule has 2 unspecified atom stereocenters. The molecule has 0 radical (unpaired) electrons. The van der Waals surface area contributed by atoms with Crippen molar-refractivity contribution in [1.82, 2.24) is 9.80 Å². The highest BCUT2D eigenvalue weighted by Crippen LogP contribution is 2.30. The summed E-state index contributed by atoms with van der Waals surface area (Å²) in [6, 6.07) is 12.1. The van der Waals surface area contributed by atoms with E-state index < -0.39 is 11.7 Å². The number of carbonyl (C=O) groups excluding carboxylic acids is 2. The molecule has 6 nitrogen and oxygen atoms in total. The van der Waals surface area contributed by atoms with Crippen molar-refractivity contribution in [2.24, 2.45) is 0 Å². The first-order valence-electron chi connectivity index (χ1n) is 12.7. The molecule has 9 heteroatoms. The van der Waals surface area contributed by atoms with E-state index in [0.717, 1.165) is 43.4 Å². The summed E-state index contributed by atoms with van der Waals surface area (Å²) in [5, 5.41) is 0. The Morgan fingerprint density at radius 3 is 2.32 bits per heavy atom. The summed E-state index contributed by atoms with van der Waals surface area (Å²) >= 11 is 0. The van der Waals surface area contributed by atoms with Crippen LogP contribution in [0.2, 0.25) is 0 Å². The number of carbonyl (C=O) groups is 2. The SMILES string of the molecule is CC(C(=O)OC1CCCC1)c1ccc(OCCC2CN(Cc3ccc(C(F)(F)F)cc3)C(=O)N2C)cc1. The van der Waals surface area contributed by atoms with E-state index in [9.17, 15) is 22.8 Å². The largest absolute Gasteiger partial charge is 0.494 e. The van der Waals surface area contributed by atoms with Crippen LogP contribution in [0.5, 0.6) is 5.75 Å². The summed E-state index contributed by atoms with van der Waals surface area (Å²) in [6.45, 7) is 2.96. The van der Waals surface area contributed by atoms with Crippen molar-refractivity contribution in [1.29, 1.82) is 0 Å². The number of amides is 2. The number of nitrogens with zero attached hydrogens (tertiary/aromatic N) is 2. The highest BCUT2D eigenvalue weighted by molar-refractivity contribution is 5.78. The number of halogens is 3. The zero-order chi connectivity index (χ0) is 26.6. The van der Waals surface area contributed by atoms with Gasteiger partial charge in [-0.3, -0.25) is 4.79 Å². The van der Waals surface area contributed by atoms with Gasteiger partial charge < -0.3 is 19.3 Å². The first kappa shape index (κ1) is 26.8. The van der Waals surface area contributed by atoms with E-state index in [2.05, 4.69) is 0 Å². The van der Waals surface area contributed by atoms with Gasteiger partial charge in [0, 0.05) is 26.6 Å². The molecule has 2 amide bonds. The summed E-state index contributed by atoms with van der Waals surface area (Å²) in [7, 11) is 1.72. The maximum atomic E-state index is 12.8. The Labute approximate surface area is 215 Å². The first-order chi connectivity index (χ1) is 17.6. The summed E-state index contributed by atoms with van der Waals surface area (Å²) < 4.78 is 49.8. The zero-order valence-corrected chi connectivity index (χ0v) is 21.2. The van der Waals surface area contributed by atoms with Gasteiger partial charge >= 0.3 is 18.2 Å². The highest BCUT2D eigenvalue weighted by atomic mass is 19.4. The summed E-state index contributed by atoms with van der Waals surface area (Å²) in [4.78, 5) is 28.3. The van der Waals surface area contributed by atoms with Gasteiger partial charge in [0.25, 0.3) is 0 Å². The van der Waals surface area contributed by atoms with Gasteiger partial charge in [-0.15, -0.1) is 0 Å². The normalized spacial score (nSPS) is 19.4. The number of esters is 1. The smallest absolute Gasteiger partial charge is 0.416 e. The number of likely N-dealkylation sites (N-methyl/N-ethyl adjacent to an activating group) is 1. The van der Waals surface area contributed by atoms with Crippen molar-refractivity contribution in [3.05, 3.63) is 65.2 Å². The molecule has 1 aliphatic carbocycles. The van der Waals surface area contributed by atoms with Crippen LogP contribution in [-0.2, 0) is 22.3 Å². The molecular weight excluding hydrogens is 485 g/mol. The maximum absolute atomic E-state index is 12.8. The van der Waals surface area contributed by atoms with Gasteiger partial charge in [0.05, 0.1) is 24.1 Å². The molecule has 0 spiro atoms. The minimum absolute atomic E-state index is 0.0454. The van der Waals surface area contributed by atoms with Crippen molar-refractivity contribution in [2.45, 2.75) is 69.8 Å². The summed E-state index contributed by atoms with van der Waals surface area (Å²) in [5.41, 5.74) is 0.811. The number of benzene rings is 2. The molecule has 1 saturated heterocycles. The average molecular weight is 519 g/mol. The minimum Gasteiger partial charge on any atom is -0.494 e. The lowest BCUT2D eigenvalue weighted by molar-refractivity contribution is -0.150. The highest BCUT2D eigenvalue weighted by Gasteiger charge is 2.35. The monoisotopic (exact) mass is 518 g/mol. The topological polar surface area (TPSA) is 59.1 Å². The second-order valence-corrected chi connectivity index (χ2v) is 9.89. The number of hydrogen-bond donors (Lipinski definition) is 0. The molecule has 0 aromatic heterocycles. The predicted octanol–water partition coefficient (Wildman–Crippen LogP) is 6.00. The van der Waals surface area contributed by atoms with E-state index in [1.54, 1.807) is 16.8 Å². The van der Waals surface area contributed by atoms with Gasteiger partial charge in [-0.2, -0.15) is 13.2 Å². The standard InChI is InChI=1S/C28H33F3N2O4/c1-19(26(34)37-25-5-3-4-6-25)21-9-13-24(14-10-21)36-16-15-23-18-33(27(35)32(23)2)17-20-7-11-22(12-8-20)28(29,30)31/h7-14,19,23,25H,3-6,15-18H2,1-2H3. The molecule has 2 aromatic rings. The van der Waals surface area contributed by atoms with E-state index >= 15 is 0 Å². The van der Waals surface area contributed by atoms with Crippen molar-refractivity contribution in [3.63, 3.8) is 0 Å². The molecule has 200 valence electrons. The quantitative estimate of drug-likeness (QED) is 0.382. The van der Waals surface area contributed by atoms with Crippen LogP contribution in [-0.4, -0.2) is 54.1 Å². The number of urea groups is 1. The Morgan fingerprint density at radius 1 is 1.05 bits per heavy atom. The van der Waals surface area contributed by atoms with Crippen LogP contribution >= 0.6 is 0 Å². The van der Waals surface area contributed by atoms with Gasteiger partial charge in [0.2, 0.25) is 0 Å². The molecule has 1 heterocycles. The fourth-order valence-electron chi connectivity index (χ4n) is 4.85. The molecule has 1 aliphatic heterocycles. The van der Waals surface area contributed by atoms with Gasteiger partial charge in [-0.05, 0) is 68.0 Å². The molecule has 2 aliphatic rings. The van der Waals surface area contributed by atoms with Gasteiger partial charge in [0.15, 0.2) is 0 Å². The van der Waals surface area contributed by atoms with Gasteiger partial charge in [-0.1, -0.05) is 24.3 Å². The number of rotatable bonds is 9. The van der Waals surface area contributed by atoms with E-state index in [1.807, 2.05) is 31.2 Å². The molecule has 2 atom stereocenters. The fourth-order valence-corrected chi connectivity index (χ4v) is 4.85. The van der Waals surface area contributed by atoms with E-state index in [0.29, 0.717) is 30.9 Å². The molecule has 2 aromatic carbocycles. The number of ether oxygens (including phenoxy) is 2. The molecule has 0 bridgehead atoms. The molecule has 0 N–H and O–H groups in total. The maximum Gasteiger partial charge on any atom is 0.416 e. The predicted molar refractivity (Wildman–Crippen MR) is 132 cm³/mol. The Kier molecular flexibility index (Phi) is 8.29. The third-order valence-corrected chi connectivity index (χ3v) is 7.24. The third kappa shape index (κ3) is 6.76. The van der Waals surface area contributed by atoms with Crippen LogP contribution in [0, 0.1) is 0 Å². The van der Waals surface area contributed by atoms with Crippen molar-refractivity contribution in [2.75, 3.05) is 20.2 Å². The van der Waals surface area contributed by atoms with Gasteiger partial charge in [0.1, 0.15) is 11.9 Å². The summed E-state index contributed by atoms with van der Waals surface area (Å²) in [5.74, 6) is 0.132. The Hall–Kier alpha value is -3.23. The van der Waals surface area contributed by atoms with Crippen LogP contribution < -0.4 is 4.74 Å². The van der Waals surface area contributed by atoms with Crippen molar-refractivity contribution < 1.29 is 32.2 Å². The molecule has 37 heavy (non-hydrogen) atoms. The van der Waals surface area contributed by atoms with Crippen LogP contribution in [0.1, 0.15) is 61.6 Å². The summed E-state index contributed by atoms with van der Waals surface area (Å²) in [6.07, 6.45) is 0.383. The van der Waals surface area contributed by atoms with E-state index in [4.69, 9.17) is 9.47 Å². The van der Waals surface area contributed by atoms with Crippen LogP contribution in [0.25, 0.3) is 0 Å². The van der Waals surface area contributed by atoms with Gasteiger partial charge in [-0.25, -0.2) is 4.79 Å². The molecule has 4 rings (SSSR count). The Balaban J connectivity index is 1.23. The van der Waals surface area contributed by atoms with Crippen molar-refractivity contribution >= 4 is 12.0 Å². The lowest BCUT2D eigenvalue weighted by Gasteiger charge is -2.18. The molecule has 1 saturated carbocycles. The minimum atomic E-state index is -4.38. The molecule has 2 fully saturated rings. The fraction of sp³-hybridized carbons (Fsp3) is 0.500. The van der Waals surface area contributed by atoms with Crippen LogP contribution in [0.3, 0.4) is 0 Å². The van der Waals surface area contributed by atoms with Crippen LogP contribution in [0.15, 0.2) is 48.5 Å². The Morgan fingerprint density at radius 2 is 1.70 bits per heavy atom. The average Bonchev–Trinajstić information content (AvgIpc) is 3.48. The zero-order valence-electron chi connectivity index (χ0n) is 21.2. The third-order valence-electron chi connectivity index (χ3n) is 7.24. The van der Waals surface area contributed by atoms with E-state index in [-0.39, 0.29) is 36.6 Å². The van der Waals surface area contributed by atoms with Crippen LogP contribution in [0.4, 0.5) is 18.0 Å². The molecular formula is C28H33F3N2O4. The first-order valence-corrected chi connectivity index (χ1v) is 12.7. The van der Waals surface area contributed by atoms with E-state index in [1.165, 1.54) is 12.1 Å². The van der Waals surface area contributed by atoms with Crippen molar-refractivity contribution in [3.8, 4) is 5.75 Å². The Bertz CT molecular complexity index is 1070. The lowest BCUT2D eigenvalue weighted by Crippen LogP contribution is -2.31. The second-order valence-electron chi connectivity index (χ2n) is 9.89. The number of hydrogen-bond acceptors (Lipinski definition) is 4. The number of alkyl halides is 3. The second kappa shape index (κ2) is 11.4.